The van der Waals surface area contributed by atoms with Gasteiger partial charge in [0.15, 0.2) is 0 Å². The lowest BCUT2D eigenvalue weighted by Crippen LogP contribution is -2.03. The minimum atomic E-state index is -1.78. The predicted molar refractivity (Wildman–Crippen MR) is 65.9 cm³/mol. The number of ether oxygens (including phenoxy) is 1. The van der Waals surface area contributed by atoms with Crippen molar-refractivity contribution in [2.75, 3.05) is 0 Å². The Hall–Kier alpha value is -2.70. The predicted octanol–water partition coefficient (Wildman–Crippen LogP) is 3.98. The average molecular weight is 294 g/mol. The molecule has 106 valence electrons. The van der Waals surface area contributed by atoms with Crippen LogP contribution in [0, 0.1) is 23.5 Å². The Kier molecular flexibility index (Phi) is 3.17. The summed E-state index contributed by atoms with van der Waals surface area (Å²) in [7, 11) is 0. The van der Waals surface area contributed by atoms with E-state index >= 15 is 0 Å². The van der Waals surface area contributed by atoms with Gasteiger partial charge in [0, 0.05) is 11.6 Å². The second-order valence-corrected chi connectivity index (χ2v) is 4.08. The second-order valence-electron chi connectivity index (χ2n) is 4.08. The molecule has 3 rings (SSSR count). The van der Waals surface area contributed by atoms with E-state index in [4.69, 9.17) is 4.74 Å². The molecule has 0 aliphatic heterocycles. The van der Waals surface area contributed by atoms with Crippen LogP contribution in [-0.4, -0.2) is 9.97 Å². The number of benzene rings is 1. The Bertz CT molecular complexity index is 807. The second kappa shape index (κ2) is 5.01. The summed E-state index contributed by atoms with van der Waals surface area (Å²) >= 11 is 0. The van der Waals surface area contributed by atoms with Gasteiger partial charge in [0.2, 0.25) is 17.4 Å². The largest absolute Gasteiger partial charge is 0.450 e. The SMILES string of the molecule is Fc1nc(F)c(F)c(Oc2cccc3ncccc23)c1F. The fraction of sp³-hybridized carbons (Fsp3) is 0. The number of rotatable bonds is 2. The maximum atomic E-state index is 13.5. The molecular weight excluding hydrogens is 288 g/mol. The quantitative estimate of drug-likeness (QED) is 0.529. The van der Waals surface area contributed by atoms with Crippen LogP contribution in [0.25, 0.3) is 10.9 Å². The number of nitrogens with zero attached hydrogens (tertiary/aromatic N) is 2. The molecule has 0 spiro atoms. The van der Waals surface area contributed by atoms with Gasteiger partial charge in [-0.05, 0) is 24.3 Å². The summed E-state index contributed by atoms with van der Waals surface area (Å²) in [6, 6.07) is 7.78. The summed E-state index contributed by atoms with van der Waals surface area (Å²) in [5, 5.41) is 0.441. The van der Waals surface area contributed by atoms with Gasteiger partial charge in [-0.2, -0.15) is 22.5 Å². The molecule has 0 bridgehead atoms. The van der Waals surface area contributed by atoms with Crippen LogP contribution in [0.4, 0.5) is 17.6 Å². The van der Waals surface area contributed by atoms with Crippen LogP contribution in [0.2, 0.25) is 0 Å². The van der Waals surface area contributed by atoms with Gasteiger partial charge < -0.3 is 4.74 Å². The number of fused-ring (bicyclic) bond motifs is 1. The molecule has 21 heavy (non-hydrogen) atoms. The highest BCUT2D eigenvalue weighted by molar-refractivity contribution is 5.85. The average Bonchev–Trinajstić information content (AvgIpc) is 2.50. The standard InChI is InChI=1S/C14H6F4N2O/c15-10-12(11(16)14(18)20-13(10)17)21-9-5-1-4-8-7(9)3-2-6-19-8/h1-6H. The lowest BCUT2D eigenvalue weighted by atomic mass is 10.2. The molecule has 0 saturated heterocycles. The van der Waals surface area contributed by atoms with Crippen LogP contribution in [0.1, 0.15) is 0 Å². The van der Waals surface area contributed by atoms with Crippen molar-refractivity contribution in [2.24, 2.45) is 0 Å². The first-order chi connectivity index (χ1) is 10.1. The van der Waals surface area contributed by atoms with E-state index in [1.54, 1.807) is 18.2 Å². The number of hydrogen-bond donors (Lipinski definition) is 0. The number of halogens is 4. The Morgan fingerprint density at radius 3 is 2.29 bits per heavy atom. The Balaban J connectivity index is 2.16. The zero-order valence-electron chi connectivity index (χ0n) is 10.3. The third kappa shape index (κ3) is 2.26. The number of aromatic nitrogens is 2. The van der Waals surface area contributed by atoms with Gasteiger partial charge in [-0.25, -0.2) is 0 Å². The van der Waals surface area contributed by atoms with Crippen LogP contribution >= 0.6 is 0 Å². The minimum absolute atomic E-state index is 0.0170. The van der Waals surface area contributed by atoms with E-state index in [1.807, 2.05) is 0 Å². The van der Waals surface area contributed by atoms with Crippen LogP contribution in [0.15, 0.2) is 36.5 Å². The first kappa shape index (κ1) is 13.3. The van der Waals surface area contributed by atoms with E-state index in [-0.39, 0.29) is 5.75 Å². The monoisotopic (exact) mass is 294 g/mol. The van der Waals surface area contributed by atoms with E-state index in [0.29, 0.717) is 10.9 Å². The highest BCUT2D eigenvalue weighted by Crippen LogP contribution is 2.33. The lowest BCUT2D eigenvalue weighted by Gasteiger charge is -2.10. The highest BCUT2D eigenvalue weighted by atomic mass is 19.2. The van der Waals surface area contributed by atoms with Crippen molar-refractivity contribution < 1.29 is 22.3 Å². The van der Waals surface area contributed by atoms with Gasteiger partial charge in [-0.3, -0.25) is 4.98 Å². The van der Waals surface area contributed by atoms with Gasteiger partial charge in [-0.15, -0.1) is 0 Å². The van der Waals surface area contributed by atoms with Gasteiger partial charge >= 0.3 is 0 Å². The smallest absolute Gasteiger partial charge is 0.255 e. The zero-order valence-corrected chi connectivity index (χ0v) is 10.3. The van der Waals surface area contributed by atoms with Crippen molar-refractivity contribution in [2.45, 2.75) is 0 Å². The Morgan fingerprint density at radius 2 is 1.57 bits per heavy atom. The number of hydrogen-bond acceptors (Lipinski definition) is 3. The van der Waals surface area contributed by atoms with E-state index < -0.39 is 29.3 Å². The molecule has 0 aliphatic carbocycles. The third-order valence-corrected chi connectivity index (χ3v) is 2.77. The van der Waals surface area contributed by atoms with Crippen molar-refractivity contribution >= 4 is 10.9 Å². The van der Waals surface area contributed by atoms with E-state index in [0.717, 1.165) is 0 Å². The van der Waals surface area contributed by atoms with Crippen LogP contribution < -0.4 is 4.74 Å². The molecule has 7 heteroatoms. The molecule has 0 unspecified atom stereocenters. The van der Waals surface area contributed by atoms with Crippen LogP contribution in [-0.2, 0) is 0 Å². The maximum absolute atomic E-state index is 13.5. The topological polar surface area (TPSA) is 35.0 Å². The molecule has 2 aromatic heterocycles. The first-order valence-electron chi connectivity index (χ1n) is 5.79. The molecule has 2 heterocycles. The normalized spacial score (nSPS) is 10.9. The van der Waals surface area contributed by atoms with E-state index in [1.165, 1.54) is 18.3 Å². The molecule has 3 nitrogen and oxygen atoms in total. The van der Waals surface area contributed by atoms with Crippen molar-refractivity contribution in [3.05, 3.63) is 60.1 Å². The first-order valence-corrected chi connectivity index (χ1v) is 5.79. The Morgan fingerprint density at radius 1 is 0.857 bits per heavy atom. The molecule has 0 fully saturated rings. The summed E-state index contributed by atoms with van der Waals surface area (Å²) in [5.74, 6) is -8.12. The molecule has 0 amide bonds. The summed E-state index contributed by atoms with van der Waals surface area (Å²) in [6.45, 7) is 0. The van der Waals surface area contributed by atoms with Gasteiger partial charge in [-0.1, -0.05) is 6.07 Å². The van der Waals surface area contributed by atoms with Crippen molar-refractivity contribution in [1.29, 1.82) is 0 Å². The van der Waals surface area contributed by atoms with Crippen LogP contribution in [0.3, 0.4) is 0 Å². The zero-order chi connectivity index (χ0) is 15.0. The van der Waals surface area contributed by atoms with Crippen molar-refractivity contribution in [3.63, 3.8) is 0 Å². The molecule has 3 aromatic rings. The van der Waals surface area contributed by atoms with Crippen LogP contribution in [0.5, 0.6) is 11.5 Å². The molecule has 0 radical (unpaired) electrons. The minimum Gasteiger partial charge on any atom is -0.450 e. The summed E-state index contributed by atoms with van der Waals surface area (Å²) in [6.07, 6.45) is 1.53. The summed E-state index contributed by atoms with van der Waals surface area (Å²) in [5.41, 5.74) is 0.505. The van der Waals surface area contributed by atoms with Crippen molar-refractivity contribution in [3.8, 4) is 11.5 Å². The molecule has 0 saturated carbocycles. The molecule has 0 atom stereocenters. The van der Waals surface area contributed by atoms with E-state index in [9.17, 15) is 17.6 Å². The Labute approximate surface area is 115 Å². The number of pyridine rings is 2. The fourth-order valence-electron chi connectivity index (χ4n) is 1.83. The van der Waals surface area contributed by atoms with Crippen molar-refractivity contribution in [1.82, 2.24) is 9.97 Å². The molecular formula is C14H6F4N2O. The molecule has 0 aliphatic rings. The maximum Gasteiger partial charge on any atom is 0.255 e. The molecule has 0 N–H and O–H groups in total. The lowest BCUT2D eigenvalue weighted by molar-refractivity contribution is 0.345. The fourth-order valence-corrected chi connectivity index (χ4v) is 1.83. The molecule has 1 aromatic carbocycles. The van der Waals surface area contributed by atoms with Gasteiger partial charge in [0.25, 0.3) is 11.9 Å². The summed E-state index contributed by atoms with van der Waals surface area (Å²) in [4.78, 5) is 6.50. The third-order valence-electron chi connectivity index (χ3n) is 2.77. The van der Waals surface area contributed by atoms with Gasteiger partial charge in [0.05, 0.1) is 5.52 Å². The van der Waals surface area contributed by atoms with E-state index in [2.05, 4.69) is 9.97 Å². The van der Waals surface area contributed by atoms with Gasteiger partial charge in [0.1, 0.15) is 5.75 Å². The summed E-state index contributed by atoms with van der Waals surface area (Å²) < 4.78 is 58.2. The highest BCUT2D eigenvalue weighted by Gasteiger charge is 2.23.